The van der Waals surface area contributed by atoms with Gasteiger partial charge in [-0.2, -0.15) is 0 Å². The first-order valence-electron chi connectivity index (χ1n) is 6.85. The SMILES string of the molecule is C=CCCCCCNC(=O)[C@@H]1C[C@@H](O)C[C@H]1C(=O)O. The summed E-state index contributed by atoms with van der Waals surface area (Å²) in [5, 5.41) is 21.3. The van der Waals surface area contributed by atoms with E-state index in [1.165, 1.54) is 0 Å². The van der Waals surface area contributed by atoms with Gasteiger partial charge in [0.25, 0.3) is 0 Å². The van der Waals surface area contributed by atoms with Crippen molar-refractivity contribution in [3.8, 4) is 0 Å². The highest BCUT2D eigenvalue weighted by atomic mass is 16.4. The zero-order valence-electron chi connectivity index (χ0n) is 11.2. The van der Waals surface area contributed by atoms with E-state index in [0.29, 0.717) is 6.54 Å². The van der Waals surface area contributed by atoms with Crippen LogP contribution in [-0.4, -0.2) is 34.7 Å². The van der Waals surface area contributed by atoms with Crippen LogP contribution >= 0.6 is 0 Å². The van der Waals surface area contributed by atoms with Gasteiger partial charge >= 0.3 is 5.97 Å². The van der Waals surface area contributed by atoms with E-state index < -0.39 is 23.9 Å². The molecule has 1 amide bonds. The summed E-state index contributed by atoms with van der Waals surface area (Å²) in [5.74, 6) is -2.59. The van der Waals surface area contributed by atoms with E-state index in [2.05, 4.69) is 11.9 Å². The van der Waals surface area contributed by atoms with Gasteiger partial charge in [0, 0.05) is 6.54 Å². The zero-order valence-corrected chi connectivity index (χ0v) is 11.2. The highest BCUT2D eigenvalue weighted by molar-refractivity contribution is 5.85. The van der Waals surface area contributed by atoms with E-state index in [4.69, 9.17) is 5.11 Å². The molecule has 1 saturated carbocycles. The predicted molar refractivity (Wildman–Crippen MR) is 71.5 cm³/mol. The van der Waals surface area contributed by atoms with Gasteiger partial charge in [0.05, 0.1) is 17.9 Å². The molecule has 1 aliphatic carbocycles. The van der Waals surface area contributed by atoms with Crippen LogP contribution in [0.4, 0.5) is 0 Å². The molecule has 1 fully saturated rings. The Morgan fingerprint density at radius 3 is 2.53 bits per heavy atom. The minimum Gasteiger partial charge on any atom is -0.481 e. The lowest BCUT2D eigenvalue weighted by Gasteiger charge is -2.15. The first-order chi connectivity index (χ1) is 9.06. The van der Waals surface area contributed by atoms with E-state index in [0.717, 1.165) is 25.7 Å². The highest BCUT2D eigenvalue weighted by Gasteiger charge is 2.42. The summed E-state index contributed by atoms with van der Waals surface area (Å²) in [6.07, 6.45) is 5.55. The Kier molecular flexibility index (Phi) is 6.56. The molecule has 1 aliphatic rings. The van der Waals surface area contributed by atoms with Gasteiger partial charge in [-0.1, -0.05) is 12.5 Å². The van der Waals surface area contributed by atoms with Crippen molar-refractivity contribution >= 4 is 11.9 Å². The van der Waals surface area contributed by atoms with E-state index >= 15 is 0 Å². The molecular weight excluding hydrogens is 246 g/mol. The van der Waals surface area contributed by atoms with Gasteiger partial charge in [-0.3, -0.25) is 9.59 Å². The number of carbonyl (C=O) groups excluding carboxylic acids is 1. The number of amides is 1. The number of carboxylic acid groups (broad SMARTS) is 1. The van der Waals surface area contributed by atoms with Crippen LogP contribution in [0.2, 0.25) is 0 Å². The van der Waals surface area contributed by atoms with Crippen molar-refractivity contribution in [3.05, 3.63) is 12.7 Å². The van der Waals surface area contributed by atoms with Crippen LogP contribution < -0.4 is 5.32 Å². The molecule has 108 valence electrons. The maximum absolute atomic E-state index is 11.9. The minimum atomic E-state index is -0.998. The molecule has 3 N–H and O–H groups in total. The number of allylic oxidation sites excluding steroid dienone is 1. The van der Waals surface area contributed by atoms with Crippen LogP contribution in [0.5, 0.6) is 0 Å². The number of hydrogen-bond donors (Lipinski definition) is 3. The van der Waals surface area contributed by atoms with Crippen molar-refractivity contribution in [1.29, 1.82) is 0 Å². The van der Waals surface area contributed by atoms with Crippen LogP contribution in [0.25, 0.3) is 0 Å². The molecule has 3 atom stereocenters. The maximum atomic E-state index is 11.9. The quantitative estimate of drug-likeness (QED) is 0.458. The standard InChI is InChI=1S/C14H23NO4/c1-2-3-4-5-6-7-15-13(17)11-8-10(16)9-12(11)14(18)19/h2,10-12,16H,1,3-9H2,(H,15,17)(H,18,19)/t10-,11-,12-/m1/s1. The summed E-state index contributed by atoms with van der Waals surface area (Å²) in [6.45, 7) is 4.21. The molecule has 0 radical (unpaired) electrons. The third-order valence-electron chi connectivity index (χ3n) is 3.58. The third-order valence-corrected chi connectivity index (χ3v) is 3.58. The van der Waals surface area contributed by atoms with Crippen LogP contribution in [0.15, 0.2) is 12.7 Å². The van der Waals surface area contributed by atoms with Crippen LogP contribution in [-0.2, 0) is 9.59 Å². The van der Waals surface area contributed by atoms with Gasteiger partial charge in [0.2, 0.25) is 5.91 Å². The van der Waals surface area contributed by atoms with Gasteiger partial charge in [-0.25, -0.2) is 0 Å². The summed E-state index contributed by atoms with van der Waals surface area (Å²) in [5.41, 5.74) is 0. The summed E-state index contributed by atoms with van der Waals surface area (Å²) in [4.78, 5) is 22.9. The number of rotatable bonds is 8. The van der Waals surface area contributed by atoms with E-state index in [9.17, 15) is 14.7 Å². The molecule has 0 saturated heterocycles. The Bertz CT molecular complexity index is 329. The Balaban J connectivity index is 2.28. The topological polar surface area (TPSA) is 86.6 Å². The molecule has 19 heavy (non-hydrogen) atoms. The number of carbonyl (C=O) groups is 2. The lowest BCUT2D eigenvalue weighted by molar-refractivity contribution is -0.146. The normalized spacial score (nSPS) is 26.1. The second kappa shape index (κ2) is 7.94. The molecule has 0 bridgehead atoms. The zero-order chi connectivity index (χ0) is 14.3. The fourth-order valence-electron chi connectivity index (χ4n) is 2.51. The van der Waals surface area contributed by atoms with E-state index in [1.807, 2.05) is 6.08 Å². The first-order valence-corrected chi connectivity index (χ1v) is 6.85. The Labute approximate surface area is 113 Å². The average Bonchev–Trinajstić information content (AvgIpc) is 2.76. The smallest absolute Gasteiger partial charge is 0.307 e. The maximum Gasteiger partial charge on any atom is 0.307 e. The fraction of sp³-hybridized carbons (Fsp3) is 0.714. The number of aliphatic carboxylic acids is 1. The minimum absolute atomic E-state index is 0.173. The Hall–Kier alpha value is -1.36. The average molecular weight is 269 g/mol. The Morgan fingerprint density at radius 2 is 1.89 bits per heavy atom. The molecule has 0 unspecified atom stereocenters. The number of aliphatic hydroxyl groups excluding tert-OH is 1. The summed E-state index contributed by atoms with van der Waals surface area (Å²) >= 11 is 0. The van der Waals surface area contributed by atoms with Crippen molar-refractivity contribution in [2.45, 2.75) is 44.6 Å². The van der Waals surface area contributed by atoms with E-state index in [-0.39, 0.29) is 18.7 Å². The molecule has 0 heterocycles. The van der Waals surface area contributed by atoms with Crippen molar-refractivity contribution < 1.29 is 19.8 Å². The van der Waals surface area contributed by atoms with Gasteiger partial charge in [-0.05, 0) is 32.1 Å². The Morgan fingerprint density at radius 1 is 1.21 bits per heavy atom. The van der Waals surface area contributed by atoms with Gasteiger partial charge in [0.1, 0.15) is 0 Å². The molecule has 5 heteroatoms. The van der Waals surface area contributed by atoms with E-state index in [1.54, 1.807) is 0 Å². The summed E-state index contributed by atoms with van der Waals surface area (Å²) < 4.78 is 0. The second-order valence-electron chi connectivity index (χ2n) is 5.11. The molecule has 0 aliphatic heterocycles. The highest BCUT2D eigenvalue weighted by Crippen LogP contribution is 2.32. The third kappa shape index (κ3) is 5.03. The molecular formula is C14H23NO4. The molecule has 0 aromatic rings. The first kappa shape index (κ1) is 15.7. The number of hydrogen-bond acceptors (Lipinski definition) is 3. The number of unbranched alkanes of at least 4 members (excludes halogenated alkanes) is 3. The monoisotopic (exact) mass is 269 g/mol. The lowest BCUT2D eigenvalue weighted by atomic mass is 9.95. The summed E-state index contributed by atoms with van der Waals surface area (Å²) in [6, 6.07) is 0. The van der Waals surface area contributed by atoms with Crippen LogP contribution in [0, 0.1) is 11.8 Å². The molecule has 0 spiro atoms. The lowest BCUT2D eigenvalue weighted by Crippen LogP contribution is -2.35. The van der Waals surface area contributed by atoms with Gasteiger partial charge < -0.3 is 15.5 Å². The molecule has 0 aromatic heterocycles. The number of carboxylic acids is 1. The van der Waals surface area contributed by atoms with Crippen molar-refractivity contribution in [2.75, 3.05) is 6.54 Å². The van der Waals surface area contributed by atoms with Crippen LogP contribution in [0.1, 0.15) is 38.5 Å². The second-order valence-corrected chi connectivity index (χ2v) is 5.11. The number of aliphatic hydroxyl groups is 1. The van der Waals surface area contributed by atoms with Gasteiger partial charge in [-0.15, -0.1) is 6.58 Å². The predicted octanol–water partition coefficient (Wildman–Crippen LogP) is 1.32. The molecule has 1 rings (SSSR count). The van der Waals surface area contributed by atoms with Crippen molar-refractivity contribution in [3.63, 3.8) is 0 Å². The van der Waals surface area contributed by atoms with Gasteiger partial charge in [0.15, 0.2) is 0 Å². The van der Waals surface area contributed by atoms with Crippen LogP contribution in [0.3, 0.4) is 0 Å². The van der Waals surface area contributed by atoms with Crippen molar-refractivity contribution in [1.82, 2.24) is 5.32 Å². The largest absolute Gasteiger partial charge is 0.481 e. The number of nitrogens with one attached hydrogen (secondary N) is 1. The van der Waals surface area contributed by atoms with Crippen molar-refractivity contribution in [2.24, 2.45) is 11.8 Å². The fourth-order valence-corrected chi connectivity index (χ4v) is 2.51. The molecule has 5 nitrogen and oxygen atoms in total. The molecule has 0 aromatic carbocycles. The summed E-state index contributed by atoms with van der Waals surface area (Å²) in [7, 11) is 0.